The maximum atomic E-state index is 12.7. The van der Waals surface area contributed by atoms with E-state index in [2.05, 4.69) is 15.9 Å². The molecule has 0 saturated heterocycles. The van der Waals surface area contributed by atoms with Crippen LogP contribution in [0.25, 0.3) is 0 Å². The van der Waals surface area contributed by atoms with Gasteiger partial charge in [0.2, 0.25) is 10.0 Å². The molecule has 0 spiro atoms. The highest BCUT2D eigenvalue weighted by atomic mass is 79.9. The zero-order valence-electron chi connectivity index (χ0n) is 12.0. The van der Waals surface area contributed by atoms with Gasteiger partial charge in [0.25, 0.3) is 0 Å². The topological polar surface area (TPSA) is 72.6 Å². The van der Waals surface area contributed by atoms with Crippen LogP contribution in [-0.2, 0) is 21.3 Å². The zero-order valence-corrected chi connectivity index (χ0v) is 14.4. The Labute approximate surface area is 129 Å². The van der Waals surface area contributed by atoms with Crippen LogP contribution in [0, 0.1) is 0 Å². The van der Waals surface area contributed by atoms with Gasteiger partial charge in [-0.25, -0.2) is 8.42 Å². The number of nitrogens with zero attached hydrogens (tertiary/aromatic N) is 1. The number of halogens is 1. The molecule has 0 aliphatic rings. The molecule has 1 rings (SSSR count). The van der Waals surface area contributed by atoms with Gasteiger partial charge in [0.1, 0.15) is 0 Å². The molecule has 0 radical (unpaired) electrons. The number of rotatable bonds is 7. The van der Waals surface area contributed by atoms with Crippen LogP contribution in [0.15, 0.2) is 27.6 Å². The first-order chi connectivity index (χ1) is 9.38. The third-order valence-electron chi connectivity index (χ3n) is 3.03. The lowest BCUT2D eigenvalue weighted by molar-refractivity contribution is 0.142. The fourth-order valence-electron chi connectivity index (χ4n) is 2.05. The molecule has 0 bridgehead atoms. The molecular formula is C13H21BrN2O3S. The largest absolute Gasteiger partial charge is 0.383 e. The highest BCUT2D eigenvalue weighted by Crippen LogP contribution is 2.27. The summed E-state index contributed by atoms with van der Waals surface area (Å²) in [5.41, 5.74) is 6.43. The van der Waals surface area contributed by atoms with E-state index in [-0.39, 0.29) is 10.9 Å². The maximum absolute atomic E-state index is 12.7. The summed E-state index contributed by atoms with van der Waals surface area (Å²) in [7, 11) is -2.00. The highest BCUT2D eigenvalue weighted by molar-refractivity contribution is 9.10. The van der Waals surface area contributed by atoms with Crippen molar-refractivity contribution in [1.29, 1.82) is 0 Å². The number of hydrogen-bond acceptors (Lipinski definition) is 4. The minimum atomic E-state index is -3.56. The van der Waals surface area contributed by atoms with Crippen LogP contribution >= 0.6 is 15.9 Å². The molecule has 2 N–H and O–H groups in total. The quantitative estimate of drug-likeness (QED) is 0.802. The lowest BCUT2D eigenvalue weighted by atomic mass is 10.2. The molecule has 1 atom stereocenters. The summed E-state index contributed by atoms with van der Waals surface area (Å²) in [5.74, 6) is 0. The Bertz CT molecular complexity index is 549. The van der Waals surface area contributed by atoms with E-state index in [9.17, 15) is 8.42 Å². The van der Waals surface area contributed by atoms with Crippen LogP contribution in [-0.4, -0.2) is 39.0 Å². The van der Waals surface area contributed by atoms with Crippen molar-refractivity contribution in [3.8, 4) is 0 Å². The number of methoxy groups -OCH3 is 1. The van der Waals surface area contributed by atoms with E-state index in [4.69, 9.17) is 10.5 Å². The summed E-state index contributed by atoms with van der Waals surface area (Å²) in [5, 5.41) is 0. The van der Waals surface area contributed by atoms with E-state index in [1.54, 1.807) is 25.3 Å². The van der Waals surface area contributed by atoms with Crippen molar-refractivity contribution in [3.63, 3.8) is 0 Å². The first-order valence-electron chi connectivity index (χ1n) is 6.37. The number of sulfonamides is 1. The van der Waals surface area contributed by atoms with Crippen molar-refractivity contribution >= 4 is 26.0 Å². The first kappa shape index (κ1) is 17.6. The van der Waals surface area contributed by atoms with Gasteiger partial charge in [0, 0.05) is 30.7 Å². The molecular weight excluding hydrogens is 344 g/mol. The number of likely N-dealkylation sites (N-methyl/N-ethyl adjacent to an activating group) is 1. The summed E-state index contributed by atoms with van der Waals surface area (Å²) in [6.45, 7) is 4.75. The molecule has 20 heavy (non-hydrogen) atoms. The third kappa shape index (κ3) is 3.79. The second kappa shape index (κ2) is 7.51. The van der Waals surface area contributed by atoms with Gasteiger partial charge >= 0.3 is 0 Å². The van der Waals surface area contributed by atoms with E-state index in [1.807, 2.05) is 13.8 Å². The molecule has 5 nitrogen and oxygen atoms in total. The van der Waals surface area contributed by atoms with Gasteiger partial charge in [0.05, 0.1) is 11.5 Å². The monoisotopic (exact) mass is 364 g/mol. The van der Waals surface area contributed by atoms with Crippen molar-refractivity contribution in [1.82, 2.24) is 4.31 Å². The SMILES string of the molecule is CCN(C(C)COC)S(=O)(=O)c1ccc(CN)cc1Br. The van der Waals surface area contributed by atoms with Crippen LogP contribution in [0.5, 0.6) is 0 Å². The second-order valence-corrected chi connectivity index (χ2v) is 7.19. The molecule has 0 saturated carbocycles. The molecule has 7 heteroatoms. The fraction of sp³-hybridized carbons (Fsp3) is 0.538. The molecule has 0 amide bonds. The van der Waals surface area contributed by atoms with Crippen molar-refractivity contribution in [2.45, 2.75) is 31.3 Å². The summed E-state index contributed by atoms with van der Waals surface area (Å²) >= 11 is 3.32. The van der Waals surface area contributed by atoms with Crippen molar-refractivity contribution in [3.05, 3.63) is 28.2 Å². The Morgan fingerprint density at radius 1 is 1.45 bits per heavy atom. The number of ether oxygens (including phenoxy) is 1. The standard InChI is InChI=1S/C13H21BrN2O3S/c1-4-16(10(2)9-19-3)20(17,18)13-6-5-11(8-15)7-12(13)14/h5-7,10H,4,8-9,15H2,1-3H3. The van der Waals surface area contributed by atoms with Gasteiger partial charge in [-0.3, -0.25) is 0 Å². The molecule has 1 unspecified atom stereocenters. The summed E-state index contributed by atoms with van der Waals surface area (Å²) < 4.78 is 32.4. The maximum Gasteiger partial charge on any atom is 0.244 e. The van der Waals surface area contributed by atoms with Crippen LogP contribution < -0.4 is 5.73 Å². The summed E-state index contributed by atoms with van der Waals surface area (Å²) in [6, 6.07) is 4.83. The average molecular weight is 365 g/mol. The summed E-state index contributed by atoms with van der Waals surface area (Å²) in [6.07, 6.45) is 0. The van der Waals surface area contributed by atoms with Gasteiger partial charge in [-0.15, -0.1) is 0 Å². The van der Waals surface area contributed by atoms with Gasteiger partial charge in [-0.05, 0) is 40.5 Å². The fourth-order valence-corrected chi connectivity index (χ4v) is 4.76. The highest BCUT2D eigenvalue weighted by Gasteiger charge is 2.29. The van der Waals surface area contributed by atoms with Gasteiger partial charge in [-0.2, -0.15) is 4.31 Å². The van der Waals surface area contributed by atoms with E-state index >= 15 is 0 Å². The molecule has 1 aromatic rings. The lowest BCUT2D eigenvalue weighted by Crippen LogP contribution is -2.41. The van der Waals surface area contributed by atoms with E-state index < -0.39 is 10.0 Å². The van der Waals surface area contributed by atoms with Crippen molar-refractivity contribution < 1.29 is 13.2 Å². The predicted octanol–water partition coefficient (Wildman–Crippen LogP) is 1.95. The first-order valence-corrected chi connectivity index (χ1v) is 8.61. The molecule has 114 valence electrons. The average Bonchev–Trinajstić information content (AvgIpc) is 2.38. The third-order valence-corrected chi connectivity index (χ3v) is 6.10. The molecule has 0 heterocycles. The Hall–Kier alpha value is -0.470. The number of nitrogens with two attached hydrogens (primary N) is 1. The lowest BCUT2D eigenvalue weighted by Gasteiger charge is -2.27. The summed E-state index contributed by atoms with van der Waals surface area (Å²) in [4.78, 5) is 0.250. The zero-order chi connectivity index (χ0) is 15.3. The van der Waals surface area contributed by atoms with Crippen LogP contribution in [0.1, 0.15) is 19.4 Å². The van der Waals surface area contributed by atoms with Gasteiger partial charge < -0.3 is 10.5 Å². The van der Waals surface area contributed by atoms with E-state index in [0.29, 0.717) is 24.2 Å². The Balaban J connectivity index is 3.20. The smallest absolute Gasteiger partial charge is 0.244 e. The second-order valence-electron chi connectivity index (χ2n) is 4.48. The van der Waals surface area contributed by atoms with Gasteiger partial charge in [0.15, 0.2) is 0 Å². The molecule has 0 fully saturated rings. The number of benzene rings is 1. The predicted molar refractivity (Wildman–Crippen MR) is 82.9 cm³/mol. The molecule has 0 aliphatic heterocycles. The van der Waals surface area contributed by atoms with Crippen LogP contribution in [0.3, 0.4) is 0 Å². The Morgan fingerprint density at radius 2 is 2.10 bits per heavy atom. The molecule has 1 aromatic carbocycles. The van der Waals surface area contributed by atoms with Crippen molar-refractivity contribution in [2.24, 2.45) is 5.73 Å². The van der Waals surface area contributed by atoms with E-state index in [0.717, 1.165) is 5.56 Å². The minimum Gasteiger partial charge on any atom is -0.383 e. The number of hydrogen-bond donors (Lipinski definition) is 1. The molecule has 0 aromatic heterocycles. The van der Waals surface area contributed by atoms with Crippen LogP contribution in [0.2, 0.25) is 0 Å². The minimum absolute atomic E-state index is 0.226. The Morgan fingerprint density at radius 3 is 2.55 bits per heavy atom. The molecule has 0 aliphatic carbocycles. The van der Waals surface area contributed by atoms with Gasteiger partial charge in [-0.1, -0.05) is 13.0 Å². The van der Waals surface area contributed by atoms with E-state index in [1.165, 1.54) is 4.31 Å². The normalized spacial score (nSPS) is 13.7. The van der Waals surface area contributed by atoms with Crippen molar-refractivity contribution in [2.75, 3.05) is 20.3 Å². The Kier molecular flexibility index (Phi) is 6.60. The van der Waals surface area contributed by atoms with Crippen LogP contribution in [0.4, 0.5) is 0 Å².